The highest BCUT2D eigenvalue weighted by Crippen LogP contribution is 2.28. The van der Waals surface area contributed by atoms with Gasteiger partial charge in [0.15, 0.2) is 0 Å². The van der Waals surface area contributed by atoms with Gasteiger partial charge >= 0.3 is 0 Å². The van der Waals surface area contributed by atoms with Crippen LogP contribution in [0.4, 0.5) is 4.39 Å². The fourth-order valence-electron chi connectivity index (χ4n) is 2.15. The molecule has 1 N–H and O–H groups in total. The number of aliphatic hydroxyl groups excluding tert-OH is 1. The van der Waals surface area contributed by atoms with Gasteiger partial charge in [0.25, 0.3) is 0 Å². The largest absolute Gasteiger partial charge is 0.550 e. The minimum Gasteiger partial charge on any atom is -0.550 e. The van der Waals surface area contributed by atoms with E-state index in [1.165, 1.54) is 12.1 Å². The second-order valence-electron chi connectivity index (χ2n) is 4.73. The highest BCUT2D eigenvalue weighted by atomic mass is 79.9. The summed E-state index contributed by atoms with van der Waals surface area (Å²) in [5.74, 6) is -3.28. The Labute approximate surface area is 130 Å². The highest BCUT2D eigenvalue weighted by molar-refractivity contribution is 9.10. The Bertz CT molecular complexity index is 631. The molecule has 0 aliphatic carbocycles. The Balaban J connectivity index is 2.27. The Hall–Kier alpha value is -1.72. The topological polar surface area (TPSA) is 60.4 Å². The lowest BCUT2D eigenvalue weighted by molar-refractivity contribution is -0.314. The summed E-state index contributed by atoms with van der Waals surface area (Å²) in [5, 5.41) is 21.5. The summed E-state index contributed by atoms with van der Waals surface area (Å²) in [4.78, 5) is 11.3. The molecule has 0 saturated heterocycles. The van der Waals surface area contributed by atoms with Crippen LogP contribution in [0.2, 0.25) is 0 Å². The van der Waals surface area contributed by atoms with Crippen molar-refractivity contribution in [3.8, 4) is 0 Å². The first-order valence-corrected chi connectivity index (χ1v) is 7.16. The third kappa shape index (κ3) is 3.89. The first-order valence-electron chi connectivity index (χ1n) is 6.37. The molecular weight excluding hydrogens is 339 g/mol. The van der Waals surface area contributed by atoms with Gasteiger partial charge in [0, 0.05) is 21.9 Å². The number of aliphatic hydroxyl groups is 1. The number of hydrogen-bond acceptors (Lipinski definition) is 3. The molecule has 0 saturated carbocycles. The predicted octanol–water partition coefficient (Wildman–Crippen LogP) is 2.23. The van der Waals surface area contributed by atoms with Crippen molar-refractivity contribution in [2.75, 3.05) is 0 Å². The summed E-state index contributed by atoms with van der Waals surface area (Å²) >= 11 is 3.11. The SMILES string of the molecule is O=C([O-])[C@H](Cc1ccccc1)[C@@H](O)c1ccc(Br)cc1F. The molecule has 0 radical (unpaired) electrons. The number of carboxylic acid groups (broad SMARTS) is 1. The number of rotatable bonds is 5. The molecule has 2 aromatic rings. The molecule has 0 amide bonds. The van der Waals surface area contributed by atoms with Crippen molar-refractivity contribution >= 4 is 21.9 Å². The zero-order chi connectivity index (χ0) is 15.4. The normalized spacial score (nSPS) is 13.7. The molecule has 3 nitrogen and oxygen atoms in total. The van der Waals surface area contributed by atoms with E-state index in [0.29, 0.717) is 4.47 Å². The molecule has 110 valence electrons. The standard InChI is InChI=1S/C16H14BrFO3/c17-11-6-7-12(14(18)9-11)15(19)13(16(20)21)8-10-4-2-1-3-5-10/h1-7,9,13,15,19H,8H2,(H,20,21)/p-1/t13-,15+/m1/s1. The van der Waals surface area contributed by atoms with Crippen molar-refractivity contribution in [2.45, 2.75) is 12.5 Å². The van der Waals surface area contributed by atoms with Gasteiger partial charge in [0.2, 0.25) is 0 Å². The van der Waals surface area contributed by atoms with E-state index in [0.717, 1.165) is 5.56 Å². The van der Waals surface area contributed by atoms with Crippen LogP contribution in [0.15, 0.2) is 53.0 Å². The molecule has 2 rings (SSSR count). The maximum atomic E-state index is 13.9. The number of benzene rings is 2. The third-order valence-electron chi connectivity index (χ3n) is 3.26. The molecule has 0 aliphatic heterocycles. The monoisotopic (exact) mass is 351 g/mol. The molecule has 0 aliphatic rings. The molecule has 21 heavy (non-hydrogen) atoms. The molecule has 0 aromatic heterocycles. The average molecular weight is 352 g/mol. The first kappa shape index (κ1) is 15.7. The number of halogens is 2. The maximum absolute atomic E-state index is 13.9. The van der Waals surface area contributed by atoms with Gasteiger partial charge in [-0.1, -0.05) is 52.3 Å². The lowest BCUT2D eigenvalue weighted by Crippen LogP contribution is -2.36. The van der Waals surface area contributed by atoms with Gasteiger partial charge in [-0.15, -0.1) is 0 Å². The van der Waals surface area contributed by atoms with E-state index in [2.05, 4.69) is 15.9 Å². The van der Waals surface area contributed by atoms with Crippen LogP contribution < -0.4 is 5.11 Å². The van der Waals surface area contributed by atoms with E-state index in [9.17, 15) is 19.4 Å². The fraction of sp³-hybridized carbons (Fsp3) is 0.188. The molecule has 2 aromatic carbocycles. The van der Waals surface area contributed by atoms with Gasteiger partial charge < -0.3 is 15.0 Å². The van der Waals surface area contributed by atoms with Crippen molar-refractivity contribution < 1.29 is 19.4 Å². The Kier molecular flexibility index (Phi) is 5.09. The van der Waals surface area contributed by atoms with E-state index in [4.69, 9.17) is 0 Å². The Morgan fingerprint density at radius 2 is 1.90 bits per heavy atom. The average Bonchev–Trinajstić information content (AvgIpc) is 2.45. The van der Waals surface area contributed by atoms with Gasteiger partial charge in [-0.2, -0.15) is 0 Å². The van der Waals surface area contributed by atoms with Crippen molar-refractivity contribution in [3.05, 3.63) is 69.9 Å². The maximum Gasteiger partial charge on any atom is 0.130 e. The predicted molar refractivity (Wildman–Crippen MR) is 77.7 cm³/mol. The molecule has 2 atom stereocenters. The highest BCUT2D eigenvalue weighted by Gasteiger charge is 2.25. The van der Waals surface area contributed by atoms with Crippen LogP contribution in [0.5, 0.6) is 0 Å². The summed E-state index contributed by atoms with van der Waals surface area (Å²) in [6.07, 6.45) is -1.40. The molecule has 0 heterocycles. The zero-order valence-electron chi connectivity index (χ0n) is 11.0. The Morgan fingerprint density at radius 1 is 1.24 bits per heavy atom. The minimum absolute atomic E-state index is 0.0525. The van der Waals surface area contributed by atoms with E-state index >= 15 is 0 Å². The molecule has 0 unspecified atom stereocenters. The van der Waals surface area contributed by atoms with Gasteiger partial charge in [-0.25, -0.2) is 4.39 Å². The lowest BCUT2D eigenvalue weighted by atomic mass is 9.89. The van der Waals surface area contributed by atoms with Crippen molar-refractivity contribution in [2.24, 2.45) is 5.92 Å². The molecule has 0 fully saturated rings. The second-order valence-corrected chi connectivity index (χ2v) is 5.64. The fourth-order valence-corrected chi connectivity index (χ4v) is 2.48. The van der Waals surface area contributed by atoms with Crippen LogP contribution in [0, 0.1) is 11.7 Å². The van der Waals surface area contributed by atoms with Crippen molar-refractivity contribution in [1.82, 2.24) is 0 Å². The number of hydrogen-bond donors (Lipinski definition) is 1. The zero-order valence-corrected chi connectivity index (χ0v) is 12.6. The lowest BCUT2D eigenvalue weighted by Gasteiger charge is -2.24. The summed E-state index contributed by atoms with van der Waals surface area (Å²) in [6, 6.07) is 13.0. The number of aliphatic carboxylic acids is 1. The smallest absolute Gasteiger partial charge is 0.130 e. The number of carbonyl (C=O) groups is 1. The quantitative estimate of drug-likeness (QED) is 0.898. The molecule has 0 bridgehead atoms. The third-order valence-corrected chi connectivity index (χ3v) is 3.76. The van der Waals surface area contributed by atoms with E-state index < -0.39 is 23.8 Å². The van der Waals surface area contributed by atoms with Crippen LogP contribution >= 0.6 is 15.9 Å². The molecular formula is C16H13BrFO3-. The van der Waals surface area contributed by atoms with Crippen LogP contribution in [-0.2, 0) is 11.2 Å². The summed E-state index contributed by atoms with van der Waals surface area (Å²) in [5.41, 5.74) is 0.687. The van der Waals surface area contributed by atoms with Crippen molar-refractivity contribution in [1.29, 1.82) is 0 Å². The summed E-state index contributed by atoms with van der Waals surface area (Å²) < 4.78 is 14.4. The van der Waals surface area contributed by atoms with Crippen molar-refractivity contribution in [3.63, 3.8) is 0 Å². The van der Waals surface area contributed by atoms with Crippen LogP contribution in [0.25, 0.3) is 0 Å². The second kappa shape index (κ2) is 6.83. The van der Waals surface area contributed by atoms with E-state index in [1.807, 2.05) is 6.07 Å². The van der Waals surface area contributed by atoms with Crippen LogP contribution in [-0.4, -0.2) is 11.1 Å². The van der Waals surface area contributed by atoms with Crippen LogP contribution in [0.3, 0.4) is 0 Å². The van der Waals surface area contributed by atoms with E-state index in [-0.39, 0.29) is 12.0 Å². The number of carboxylic acids is 1. The van der Waals surface area contributed by atoms with Gasteiger partial charge in [0.1, 0.15) is 5.82 Å². The van der Waals surface area contributed by atoms with Gasteiger partial charge in [-0.3, -0.25) is 0 Å². The van der Waals surface area contributed by atoms with Gasteiger partial charge in [0.05, 0.1) is 6.10 Å². The molecule has 0 spiro atoms. The summed E-state index contributed by atoms with van der Waals surface area (Å²) in [6.45, 7) is 0. The first-order chi connectivity index (χ1) is 9.99. The molecule has 5 heteroatoms. The number of carbonyl (C=O) groups excluding carboxylic acids is 1. The minimum atomic E-state index is -1.47. The van der Waals surface area contributed by atoms with Crippen LogP contribution in [0.1, 0.15) is 17.2 Å². The Morgan fingerprint density at radius 3 is 2.48 bits per heavy atom. The summed E-state index contributed by atoms with van der Waals surface area (Å²) in [7, 11) is 0. The van der Waals surface area contributed by atoms with Gasteiger partial charge in [-0.05, 0) is 24.1 Å². The van der Waals surface area contributed by atoms with E-state index in [1.54, 1.807) is 30.3 Å².